The minimum absolute atomic E-state index is 0.219. The van der Waals surface area contributed by atoms with Crippen LogP contribution in [0.15, 0.2) is 53.6 Å². The maximum Gasteiger partial charge on any atom is 0.272 e. The van der Waals surface area contributed by atoms with Crippen molar-refractivity contribution in [3.8, 4) is 0 Å². The SMILES string of the molecule is CC(=NNC(=O)c1ccccc1I)c1ccc(Cl)cc1. The molecule has 3 nitrogen and oxygen atoms in total. The molecule has 0 fully saturated rings. The van der Waals surface area contributed by atoms with Gasteiger partial charge in [0.15, 0.2) is 0 Å². The molecule has 5 heteroatoms. The minimum Gasteiger partial charge on any atom is -0.267 e. The number of nitrogens with zero attached hydrogens (tertiary/aromatic N) is 1. The Balaban J connectivity index is 2.11. The number of rotatable bonds is 3. The monoisotopic (exact) mass is 398 g/mol. The van der Waals surface area contributed by atoms with Gasteiger partial charge in [0.1, 0.15) is 0 Å². The van der Waals surface area contributed by atoms with Gasteiger partial charge in [-0.1, -0.05) is 35.9 Å². The molecule has 0 aliphatic rings. The second kappa shape index (κ2) is 6.85. The summed E-state index contributed by atoms with van der Waals surface area (Å²) in [5.41, 5.74) is 4.81. The molecule has 0 radical (unpaired) electrons. The molecule has 0 aliphatic heterocycles. The highest BCUT2D eigenvalue weighted by molar-refractivity contribution is 14.1. The summed E-state index contributed by atoms with van der Waals surface area (Å²) in [5.74, 6) is -0.219. The maximum absolute atomic E-state index is 12.0. The molecule has 2 aromatic carbocycles. The van der Waals surface area contributed by atoms with Crippen molar-refractivity contribution in [2.45, 2.75) is 6.92 Å². The second-order valence-electron chi connectivity index (χ2n) is 4.12. The average Bonchev–Trinajstić information content (AvgIpc) is 2.45. The van der Waals surface area contributed by atoms with Crippen molar-refractivity contribution in [1.29, 1.82) is 0 Å². The Bertz CT molecular complexity index is 653. The van der Waals surface area contributed by atoms with Crippen molar-refractivity contribution in [3.05, 3.63) is 68.3 Å². The summed E-state index contributed by atoms with van der Waals surface area (Å²) in [6.07, 6.45) is 0. The zero-order valence-electron chi connectivity index (χ0n) is 10.7. The van der Waals surface area contributed by atoms with Gasteiger partial charge < -0.3 is 0 Å². The molecule has 0 aromatic heterocycles. The van der Waals surface area contributed by atoms with Crippen LogP contribution >= 0.6 is 34.2 Å². The summed E-state index contributed by atoms with van der Waals surface area (Å²) in [4.78, 5) is 12.0. The fourth-order valence-electron chi connectivity index (χ4n) is 1.60. The zero-order chi connectivity index (χ0) is 14.5. The summed E-state index contributed by atoms with van der Waals surface area (Å²) in [5, 5.41) is 4.78. The summed E-state index contributed by atoms with van der Waals surface area (Å²) in [7, 11) is 0. The van der Waals surface area contributed by atoms with E-state index in [4.69, 9.17) is 11.6 Å². The number of hydrogen-bond donors (Lipinski definition) is 1. The van der Waals surface area contributed by atoms with Crippen molar-refractivity contribution in [2.75, 3.05) is 0 Å². The van der Waals surface area contributed by atoms with Crippen molar-refractivity contribution >= 4 is 45.8 Å². The topological polar surface area (TPSA) is 41.5 Å². The van der Waals surface area contributed by atoms with E-state index in [1.807, 2.05) is 37.3 Å². The lowest BCUT2D eigenvalue weighted by Gasteiger charge is -2.04. The number of amides is 1. The molecule has 20 heavy (non-hydrogen) atoms. The lowest BCUT2D eigenvalue weighted by molar-refractivity contribution is 0.0954. The van der Waals surface area contributed by atoms with Crippen molar-refractivity contribution in [2.24, 2.45) is 5.10 Å². The molecule has 0 aliphatic carbocycles. The third kappa shape index (κ3) is 3.80. The van der Waals surface area contributed by atoms with Gasteiger partial charge in [-0.3, -0.25) is 4.79 Å². The first-order chi connectivity index (χ1) is 9.58. The van der Waals surface area contributed by atoms with Crippen LogP contribution in [0.2, 0.25) is 5.02 Å². The van der Waals surface area contributed by atoms with Gasteiger partial charge >= 0.3 is 0 Å². The molecule has 0 spiro atoms. The number of halogens is 2. The Labute approximate surface area is 136 Å². The fourth-order valence-corrected chi connectivity index (χ4v) is 2.35. The fraction of sp³-hybridized carbons (Fsp3) is 0.0667. The molecule has 2 aromatic rings. The van der Waals surface area contributed by atoms with Gasteiger partial charge in [0.25, 0.3) is 5.91 Å². The quantitative estimate of drug-likeness (QED) is 0.472. The third-order valence-electron chi connectivity index (χ3n) is 2.71. The molecule has 2 rings (SSSR count). The van der Waals surface area contributed by atoms with Gasteiger partial charge in [-0.2, -0.15) is 5.10 Å². The Kier molecular flexibility index (Phi) is 5.14. The van der Waals surface area contributed by atoms with Gasteiger partial charge in [0.2, 0.25) is 0 Å². The first-order valence-electron chi connectivity index (χ1n) is 5.93. The predicted molar refractivity (Wildman–Crippen MR) is 90.3 cm³/mol. The van der Waals surface area contributed by atoms with E-state index < -0.39 is 0 Å². The largest absolute Gasteiger partial charge is 0.272 e. The van der Waals surface area contributed by atoms with E-state index in [9.17, 15) is 4.79 Å². The molecule has 0 unspecified atom stereocenters. The van der Waals surface area contributed by atoms with Gasteiger partial charge in [-0.25, -0.2) is 5.43 Å². The highest BCUT2D eigenvalue weighted by atomic mass is 127. The van der Waals surface area contributed by atoms with Crippen molar-refractivity contribution in [3.63, 3.8) is 0 Å². The molecular weight excluding hydrogens is 387 g/mol. The van der Waals surface area contributed by atoms with Crippen LogP contribution < -0.4 is 5.43 Å². The molecule has 102 valence electrons. The number of benzene rings is 2. The highest BCUT2D eigenvalue weighted by Crippen LogP contribution is 2.12. The predicted octanol–water partition coefficient (Wildman–Crippen LogP) is 4.10. The summed E-state index contributed by atoms with van der Waals surface area (Å²) < 4.78 is 0.891. The lowest BCUT2D eigenvalue weighted by Crippen LogP contribution is -2.20. The van der Waals surface area contributed by atoms with Crippen LogP contribution in [0.4, 0.5) is 0 Å². The normalized spacial score (nSPS) is 11.2. The molecule has 0 saturated heterocycles. The maximum atomic E-state index is 12.0. The van der Waals surface area contributed by atoms with E-state index in [1.165, 1.54) is 0 Å². The van der Waals surface area contributed by atoms with E-state index in [-0.39, 0.29) is 5.91 Å². The molecule has 0 atom stereocenters. The molecule has 0 saturated carbocycles. The zero-order valence-corrected chi connectivity index (χ0v) is 13.6. The Morgan fingerprint density at radius 2 is 1.80 bits per heavy atom. The molecular formula is C15H12ClIN2O. The summed E-state index contributed by atoms with van der Waals surface area (Å²) in [6.45, 7) is 1.83. The van der Waals surface area contributed by atoms with Gasteiger partial charge in [0.05, 0.1) is 11.3 Å². The summed E-state index contributed by atoms with van der Waals surface area (Å²) in [6, 6.07) is 14.7. The first-order valence-corrected chi connectivity index (χ1v) is 7.38. The highest BCUT2D eigenvalue weighted by Gasteiger charge is 2.08. The van der Waals surface area contributed by atoms with Crippen LogP contribution in [0, 0.1) is 3.57 Å². The lowest BCUT2D eigenvalue weighted by atomic mass is 10.1. The smallest absolute Gasteiger partial charge is 0.267 e. The number of carbonyl (C=O) groups is 1. The third-order valence-corrected chi connectivity index (χ3v) is 3.90. The molecule has 1 amide bonds. The van der Waals surface area contributed by atoms with Crippen LogP contribution in [-0.4, -0.2) is 11.6 Å². The van der Waals surface area contributed by atoms with Gasteiger partial charge in [-0.05, 0) is 59.3 Å². The van der Waals surface area contributed by atoms with Crippen molar-refractivity contribution in [1.82, 2.24) is 5.43 Å². The molecule has 0 heterocycles. The summed E-state index contributed by atoms with van der Waals surface area (Å²) >= 11 is 7.95. The van der Waals surface area contributed by atoms with Crippen LogP contribution in [0.25, 0.3) is 0 Å². The first kappa shape index (κ1) is 15.0. The number of nitrogens with one attached hydrogen (secondary N) is 1. The van der Waals surface area contributed by atoms with Crippen LogP contribution in [0.5, 0.6) is 0 Å². The number of hydrogen-bond acceptors (Lipinski definition) is 2. The van der Waals surface area contributed by atoms with Crippen LogP contribution in [-0.2, 0) is 0 Å². The second-order valence-corrected chi connectivity index (χ2v) is 5.72. The van der Waals surface area contributed by atoms with Crippen LogP contribution in [0.1, 0.15) is 22.8 Å². The average molecular weight is 399 g/mol. The molecule has 1 N–H and O–H groups in total. The number of hydrazone groups is 1. The standard InChI is InChI=1S/C15H12ClIN2O/c1-10(11-6-8-12(16)9-7-11)18-19-15(20)13-4-2-3-5-14(13)17/h2-9H,1H3,(H,19,20). The Morgan fingerprint density at radius 3 is 2.45 bits per heavy atom. The van der Waals surface area contributed by atoms with Gasteiger partial charge in [0, 0.05) is 8.59 Å². The number of carbonyl (C=O) groups excluding carboxylic acids is 1. The molecule has 0 bridgehead atoms. The van der Waals surface area contributed by atoms with E-state index in [0.29, 0.717) is 10.6 Å². The van der Waals surface area contributed by atoms with Crippen molar-refractivity contribution < 1.29 is 4.79 Å². The Hall–Kier alpha value is -1.40. The Morgan fingerprint density at radius 1 is 1.15 bits per heavy atom. The van der Waals surface area contributed by atoms with E-state index in [2.05, 4.69) is 33.1 Å². The van der Waals surface area contributed by atoms with E-state index in [1.54, 1.807) is 18.2 Å². The van der Waals surface area contributed by atoms with E-state index >= 15 is 0 Å². The minimum atomic E-state index is -0.219. The van der Waals surface area contributed by atoms with Crippen LogP contribution in [0.3, 0.4) is 0 Å². The van der Waals surface area contributed by atoms with E-state index in [0.717, 1.165) is 14.8 Å². The van der Waals surface area contributed by atoms with Gasteiger partial charge in [-0.15, -0.1) is 0 Å².